The smallest absolute Gasteiger partial charge is 0.144 e. The third-order valence-electron chi connectivity index (χ3n) is 7.00. The van der Waals surface area contributed by atoms with Gasteiger partial charge in [-0.3, -0.25) is 14.6 Å². The molecule has 0 aliphatic carbocycles. The second-order valence-electron chi connectivity index (χ2n) is 14.1. The van der Waals surface area contributed by atoms with Crippen molar-refractivity contribution < 1.29 is 37.7 Å². The molecule has 0 spiro atoms. The number of hydrogen-bond acceptors (Lipinski definition) is 7. The average Bonchev–Trinajstić information content (AvgIpc) is 3.46. The van der Waals surface area contributed by atoms with E-state index in [-0.39, 0.29) is 60.4 Å². The first kappa shape index (κ1) is 44.1. The van der Waals surface area contributed by atoms with Gasteiger partial charge in [0.2, 0.25) is 0 Å². The van der Waals surface area contributed by atoms with Crippen molar-refractivity contribution >= 4 is 0 Å². The van der Waals surface area contributed by atoms with Crippen LogP contribution in [0.4, 0.5) is 17.6 Å². The van der Waals surface area contributed by atoms with Crippen LogP contribution >= 0.6 is 0 Å². The molecule has 0 aliphatic heterocycles. The average molecular weight is 897 g/mol. The van der Waals surface area contributed by atoms with Crippen LogP contribution < -0.4 is 0 Å². The van der Waals surface area contributed by atoms with Gasteiger partial charge < -0.3 is 20.6 Å². The maximum Gasteiger partial charge on any atom is 0.144 e. The second kappa shape index (κ2) is 19.2. The number of rotatable bonds is 7. The van der Waals surface area contributed by atoms with Crippen molar-refractivity contribution in [3.05, 3.63) is 112 Å². The Hall–Kier alpha value is -4.04. The molecule has 0 atom stereocenters. The number of tetrazole rings is 1. The molecule has 5 aromatic heterocycles. The van der Waals surface area contributed by atoms with Gasteiger partial charge in [-0.1, -0.05) is 105 Å². The van der Waals surface area contributed by atoms with Crippen LogP contribution in [0.2, 0.25) is 0 Å². The number of nitrogens with zero attached hydrogens (tertiary/aromatic N) is 10. The van der Waals surface area contributed by atoms with Crippen molar-refractivity contribution in [3.8, 4) is 22.5 Å². The van der Waals surface area contributed by atoms with E-state index in [1.165, 1.54) is 0 Å². The summed E-state index contributed by atoms with van der Waals surface area (Å²) < 4.78 is 54.2. The molecule has 5 heterocycles. The van der Waals surface area contributed by atoms with Crippen LogP contribution in [0, 0.1) is 42.8 Å². The summed E-state index contributed by atoms with van der Waals surface area (Å²) in [4.78, 5) is 14.4. The second-order valence-corrected chi connectivity index (χ2v) is 14.1. The molecule has 1 radical (unpaired) electrons. The molecule has 5 rings (SSSR count). The SMILES string of the molecule is CC(C)(C)c1ccnc(-c2[c-]cc(F)nc2F)c1.CC(C)(C)c1ccnc(-c2[c-]cc(F)nc2F)c1.Cc1nnnn1C([N-]C(C)C)[N-]C(C)C.[Ir]. The Bertz CT molecular complexity index is 1760. The van der Waals surface area contributed by atoms with Crippen molar-refractivity contribution in [1.29, 1.82) is 0 Å². The number of hydrogen-bond donors (Lipinski definition) is 0. The molecular weight excluding hydrogens is 853 g/mol. The Morgan fingerprint density at radius 2 is 1.10 bits per heavy atom. The zero-order chi connectivity index (χ0) is 38.1. The standard InChI is InChI=1S/2C14H13F2N2.C9H18N6.Ir/c2*1-14(2,3)9-6-7-17-11(8-9)10-4-5-12(15)18-13(10)16;1-6(2)10-9(11-7(3)4)15-8(5)12-13-14-15;/h2*5-8H,1-3H3;6-7,9H,1-5H3;/q2*-1;-2;. The van der Waals surface area contributed by atoms with Crippen molar-refractivity contribution in [2.24, 2.45) is 0 Å². The predicted molar refractivity (Wildman–Crippen MR) is 188 cm³/mol. The summed E-state index contributed by atoms with van der Waals surface area (Å²) in [6.07, 6.45) is 2.90. The maximum atomic E-state index is 13.5. The Labute approximate surface area is 317 Å². The molecule has 0 N–H and O–H groups in total. The predicted octanol–water partition coefficient (Wildman–Crippen LogP) is 9.04. The number of pyridine rings is 4. The van der Waals surface area contributed by atoms with Crippen molar-refractivity contribution in [2.45, 2.75) is 105 Å². The molecule has 0 fully saturated rings. The van der Waals surface area contributed by atoms with E-state index in [4.69, 9.17) is 0 Å². The first-order valence-corrected chi connectivity index (χ1v) is 16.3. The quantitative estimate of drug-likeness (QED) is 0.0908. The fourth-order valence-electron chi connectivity index (χ4n) is 4.32. The van der Waals surface area contributed by atoms with Gasteiger partial charge in [0.05, 0.1) is 0 Å². The van der Waals surface area contributed by atoms with E-state index >= 15 is 0 Å². The van der Waals surface area contributed by atoms with Crippen LogP contribution in [-0.2, 0) is 30.9 Å². The fourth-order valence-corrected chi connectivity index (χ4v) is 4.32. The monoisotopic (exact) mass is 897 g/mol. The molecule has 52 heavy (non-hydrogen) atoms. The minimum Gasteiger partial charge on any atom is -0.657 e. The topological polar surface area (TPSA) is 123 Å². The summed E-state index contributed by atoms with van der Waals surface area (Å²) in [7, 11) is 0. The molecule has 15 heteroatoms. The Morgan fingerprint density at radius 3 is 1.40 bits per heavy atom. The summed E-state index contributed by atoms with van der Waals surface area (Å²) in [5, 5.41) is 20.3. The van der Waals surface area contributed by atoms with E-state index in [1.54, 1.807) is 29.2 Å². The molecule has 10 nitrogen and oxygen atoms in total. The van der Waals surface area contributed by atoms with Crippen molar-refractivity contribution in [2.75, 3.05) is 0 Å². The van der Waals surface area contributed by atoms with Gasteiger partial charge in [-0.25, -0.2) is 17.6 Å². The van der Waals surface area contributed by atoms with E-state index in [0.29, 0.717) is 11.4 Å². The van der Waals surface area contributed by atoms with E-state index < -0.39 is 23.8 Å². The van der Waals surface area contributed by atoms with Crippen LogP contribution in [0.25, 0.3) is 33.1 Å². The van der Waals surface area contributed by atoms with Gasteiger partial charge in [0.15, 0.2) is 0 Å². The minimum absolute atomic E-state index is 0. The van der Waals surface area contributed by atoms with Crippen LogP contribution in [-0.4, -0.2) is 52.2 Å². The van der Waals surface area contributed by atoms with Gasteiger partial charge in [0, 0.05) is 32.5 Å². The molecule has 283 valence electrons. The molecule has 0 saturated carbocycles. The van der Waals surface area contributed by atoms with E-state index in [1.807, 2.05) is 46.8 Å². The van der Waals surface area contributed by atoms with E-state index in [9.17, 15) is 17.6 Å². The summed E-state index contributed by atoms with van der Waals surface area (Å²) in [5.41, 5.74) is 2.89. The third-order valence-corrected chi connectivity index (χ3v) is 7.00. The van der Waals surface area contributed by atoms with E-state index in [0.717, 1.165) is 29.1 Å². The van der Waals surface area contributed by atoms with Crippen molar-refractivity contribution in [1.82, 2.24) is 40.1 Å². The minimum atomic E-state index is -0.895. The first-order chi connectivity index (χ1) is 23.8. The maximum absolute atomic E-state index is 13.5. The Kier molecular flexibility index (Phi) is 16.3. The third kappa shape index (κ3) is 13.2. The molecule has 0 amide bonds. The van der Waals surface area contributed by atoms with Gasteiger partial charge in [-0.2, -0.15) is 0 Å². The zero-order valence-electron chi connectivity index (χ0n) is 31.2. The van der Waals surface area contributed by atoms with Gasteiger partial charge >= 0.3 is 0 Å². The van der Waals surface area contributed by atoms with Gasteiger partial charge in [-0.15, -0.1) is 35.6 Å². The summed E-state index contributed by atoms with van der Waals surface area (Å²) in [5.74, 6) is -2.83. The summed E-state index contributed by atoms with van der Waals surface area (Å²) in [6.45, 7) is 22.2. The van der Waals surface area contributed by atoms with Crippen LogP contribution in [0.3, 0.4) is 0 Å². The van der Waals surface area contributed by atoms with Gasteiger partial charge in [-0.05, 0) is 62.8 Å². The zero-order valence-corrected chi connectivity index (χ0v) is 33.6. The molecule has 5 aromatic rings. The first-order valence-electron chi connectivity index (χ1n) is 16.3. The van der Waals surface area contributed by atoms with E-state index in [2.05, 4.69) is 99.8 Å². The van der Waals surface area contributed by atoms with Crippen LogP contribution in [0.15, 0.2) is 48.8 Å². The molecule has 0 unspecified atom stereocenters. The van der Waals surface area contributed by atoms with Crippen molar-refractivity contribution in [3.63, 3.8) is 0 Å². The summed E-state index contributed by atoms with van der Waals surface area (Å²) >= 11 is 0. The number of aromatic nitrogens is 8. The summed E-state index contributed by atoms with van der Waals surface area (Å²) in [6, 6.07) is 14.8. The number of aryl methyl sites for hydroxylation is 1. The van der Waals surface area contributed by atoms with Gasteiger partial charge in [0.1, 0.15) is 29.6 Å². The number of halogens is 4. The molecule has 0 aromatic carbocycles. The molecule has 0 saturated heterocycles. The molecule has 0 bridgehead atoms. The fraction of sp³-hybridized carbons (Fsp3) is 0.432. The van der Waals surface area contributed by atoms with Crippen LogP contribution in [0.1, 0.15) is 92.5 Å². The molecule has 0 aliphatic rings. The van der Waals surface area contributed by atoms with Crippen LogP contribution in [0.5, 0.6) is 0 Å². The van der Waals surface area contributed by atoms with Gasteiger partial charge in [0.25, 0.3) is 0 Å². The largest absolute Gasteiger partial charge is 0.657 e. The molecular formula is C37H44F4IrN10-4. The Balaban J connectivity index is 0.000000269. The normalized spacial score (nSPS) is 11.5. The Morgan fingerprint density at radius 1 is 0.692 bits per heavy atom.